The molecule has 1 aromatic rings. The van der Waals surface area contributed by atoms with E-state index in [1.807, 2.05) is 35.2 Å². The van der Waals surface area contributed by atoms with Gasteiger partial charge in [0.15, 0.2) is 0 Å². The van der Waals surface area contributed by atoms with Crippen molar-refractivity contribution >= 4 is 23.6 Å². The quantitative estimate of drug-likeness (QED) is 0.777. The topological polar surface area (TPSA) is 84.4 Å². The van der Waals surface area contributed by atoms with E-state index in [-0.39, 0.29) is 51.5 Å². The molecular weight excluding hydrogens is 417 g/mol. The monoisotopic (exact) mass is 440 g/mol. The maximum Gasteiger partial charge on any atom is 0.407 e. The molecule has 8 nitrogen and oxygen atoms in total. The Morgan fingerprint density at radius 1 is 1.10 bits per heavy atom. The number of hydrogen-bond acceptors (Lipinski definition) is 4. The second kappa shape index (κ2) is 7.61. The molecule has 1 unspecified atom stereocenters. The third-order valence-corrected chi connectivity index (χ3v) is 6.41. The highest BCUT2D eigenvalue weighted by Gasteiger charge is 2.57. The summed E-state index contributed by atoms with van der Waals surface area (Å²) < 4.78 is 38.4. The standard InChI is InChI=1S/C20H23F3N4O4/c21-20(22,23)12-25-9-6-15(16(25)28)26-13-27(14-4-2-1-3-5-14)19(17(26)29)7-10-24(11-8-19)18(30)31/h1-5,15H,6-13H2,(H,30,31). The summed E-state index contributed by atoms with van der Waals surface area (Å²) in [6, 6.07) is 8.16. The molecule has 4 rings (SSSR count). The molecule has 168 valence electrons. The van der Waals surface area contributed by atoms with E-state index >= 15 is 0 Å². The first kappa shape index (κ1) is 21.3. The number of halogens is 3. The number of carbonyl (C=O) groups is 3. The average Bonchev–Trinajstić information content (AvgIpc) is 3.20. The Balaban J connectivity index is 1.61. The first-order valence-corrected chi connectivity index (χ1v) is 10.1. The zero-order chi connectivity index (χ0) is 22.4. The summed E-state index contributed by atoms with van der Waals surface area (Å²) in [5.41, 5.74) is -0.273. The Kier molecular flexibility index (Phi) is 5.22. The van der Waals surface area contributed by atoms with Crippen LogP contribution in [0.25, 0.3) is 0 Å². The number of piperidine rings is 1. The fourth-order valence-electron chi connectivity index (χ4n) is 4.85. The van der Waals surface area contributed by atoms with Gasteiger partial charge in [0.1, 0.15) is 18.1 Å². The molecule has 31 heavy (non-hydrogen) atoms. The number of likely N-dealkylation sites (tertiary alicyclic amines) is 2. The molecule has 0 saturated carbocycles. The molecule has 0 radical (unpaired) electrons. The number of nitrogens with zero attached hydrogens (tertiary/aromatic N) is 4. The zero-order valence-corrected chi connectivity index (χ0v) is 16.7. The van der Waals surface area contributed by atoms with Gasteiger partial charge in [-0.2, -0.15) is 13.2 Å². The second-order valence-corrected chi connectivity index (χ2v) is 8.16. The number of carbonyl (C=O) groups excluding carboxylic acids is 2. The van der Waals surface area contributed by atoms with Gasteiger partial charge in [-0.1, -0.05) is 18.2 Å². The summed E-state index contributed by atoms with van der Waals surface area (Å²) in [6.45, 7) is -0.982. The van der Waals surface area contributed by atoms with Crippen LogP contribution in [0.5, 0.6) is 0 Å². The van der Waals surface area contributed by atoms with Gasteiger partial charge in [0, 0.05) is 25.3 Å². The highest BCUT2D eigenvalue weighted by Crippen LogP contribution is 2.41. The van der Waals surface area contributed by atoms with Gasteiger partial charge in [-0.05, 0) is 31.4 Å². The van der Waals surface area contributed by atoms with Gasteiger partial charge in [0.25, 0.3) is 5.91 Å². The predicted octanol–water partition coefficient (Wildman–Crippen LogP) is 1.97. The Bertz CT molecular complexity index is 871. The Morgan fingerprint density at radius 3 is 2.32 bits per heavy atom. The van der Waals surface area contributed by atoms with Crippen LogP contribution in [0.15, 0.2) is 30.3 Å². The van der Waals surface area contributed by atoms with E-state index in [0.29, 0.717) is 0 Å². The van der Waals surface area contributed by atoms with Crippen LogP contribution >= 0.6 is 0 Å². The number of amides is 3. The first-order chi connectivity index (χ1) is 14.6. The van der Waals surface area contributed by atoms with Crippen molar-refractivity contribution in [2.45, 2.75) is 37.0 Å². The fraction of sp³-hybridized carbons (Fsp3) is 0.550. The summed E-state index contributed by atoms with van der Waals surface area (Å²) in [6.07, 6.45) is -4.92. The van der Waals surface area contributed by atoms with Crippen molar-refractivity contribution < 1.29 is 32.7 Å². The third kappa shape index (κ3) is 3.77. The minimum absolute atomic E-state index is 0.0576. The molecule has 3 saturated heterocycles. The molecule has 3 heterocycles. The lowest BCUT2D eigenvalue weighted by Crippen LogP contribution is -2.57. The summed E-state index contributed by atoms with van der Waals surface area (Å²) in [4.78, 5) is 42.9. The normalized spacial score (nSPS) is 23.9. The molecule has 1 atom stereocenters. The van der Waals surface area contributed by atoms with Gasteiger partial charge < -0.3 is 24.7 Å². The summed E-state index contributed by atoms with van der Waals surface area (Å²) >= 11 is 0. The van der Waals surface area contributed by atoms with Crippen molar-refractivity contribution in [3.8, 4) is 0 Å². The summed E-state index contributed by atoms with van der Waals surface area (Å²) in [7, 11) is 0. The van der Waals surface area contributed by atoms with Crippen LogP contribution in [0.3, 0.4) is 0 Å². The SMILES string of the molecule is O=C(O)N1CCC2(CC1)C(=O)N(C1CCN(CC(F)(F)F)C1=O)CN2c1ccccc1. The molecule has 3 aliphatic rings. The van der Waals surface area contributed by atoms with Crippen LogP contribution < -0.4 is 4.90 Å². The highest BCUT2D eigenvalue weighted by molar-refractivity contribution is 5.98. The number of benzene rings is 1. The highest BCUT2D eigenvalue weighted by atomic mass is 19.4. The van der Waals surface area contributed by atoms with E-state index in [1.54, 1.807) is 0 Å². The van der Waals surface area contributed by atoms with Crippen LogP contribution in [0, 0.1) is 0 Å². The molecule has 1 spiro atoms. The Morgan fingerprint density at radius 2 is 1.74 bits per heavy atom. The minimum Gasteiger partial charge on any atom is -0.465 e. The number of anilines is 1. The second-order valence-electron chi connectivity index (χ2n) is 8.16. The molecule has 3 amide bonds. The van der Waals surface area contributed by atoms with Crippen LogP contribution in [-0.4, -0.2) is 88.3 Å². The summed E-state index contributed by atoms with van der Waals surface area (Å²) in [5, 5.41) is 9.27. The van der Waals surface area contributed by atoms with Crippen molar-refractivity contribution in [2.24, 2.45) is 0 Å². The molecule has 3 fully saturated rings. The lowest BCUT2D eigenvalue weighted by atomic mass is 9.85. The van der Waals surface area contributed by atoms with Crippen molar-refractivity contribution in [1.29, 1.82) is 0 Å². The number of hydrogen-bond donors (Lipinski definition) is 1. The molecule has 1 N–H and O–H groups in total. The number of para-hydroxylation sites is 1. The first-order valence-electron chi connectivity index (χ1n) is 10.1. The number of rotatable bonds is 3. The Hall–Kier alpha value is -2.98. The molecular formula is C20H23F3N4O4. The number of carboxylic acid groups (broad SMARTS) is 1. The van der Waals surface area contributed by atoms with E-state index in [2.05, 4.69) is 0 Å². The van der Waals surface area contributed by atoms with Crippen LogP contribution in [-0.2, 0) is 9.59 Å². The molecule has 3 aliphatic heterocycles. The van der Waals surface area contributed by atoms with E-state index in [0.717, 1.165) is 10.6 Å². The van der Waals surface area contributed by atoms with E-state index < -0.39 is 36.3 Å². The van der Waals surface area contributed by atoms with Crippen molar-refractivity contribution in [2.75, 3.05) is 37.7 Å². The third-order valence-electron chi connectivity index (χ3n) is 6.41. The largest absolute Gasteiger partial charge is 0.465 e. The van der Waals surface area contributed by atoms with Gasteiger partial charge in [0.05, 0.1) is 6.67 Å². The predicted molar refractivity (Wildman–Crippen MR) is 103 cm³/mol. The van der Waals surface area contributed by atoms with Gasteiger partial charge >= 0.3 is 12.3 Å². The molecule has 0 aliphatic carbocycles. The average molecular weight is 440 g/mol. The number of alkyl halides is 3. The van der Waals surface area contributed by atoms with Gasteiger partial charge in [0.2, 0.25) is 5.91 Å². The van der Waals surface area contributed by atoms with Crippen LogP contribution in [0.4, 0.5) is 23.7 Å². The Labute approximate surface area is 176 Å². The molecule has 0 aromatic heterocycles. The van der Waals surface area contributed by atoms with Crippen LogP contribution in [0.1, 0.15) is 19.3 Å². The molecule has 1 aromatic carbocycles. The lowest BCUT2D eigenvalue weighted by Gasteiger charge is -2.42. The van der Waals surface area contributed by atoms with E-state index in [9.17, 15) is 32.7 Å². The van der Waals surface area contributed by atoms with Gasteiger partial charge in [-0.25, -0.2) is 4.79 Å². The molecule has 0 bridgehead atoms. The van der Waals surface area contributed by atoms with Crippen molar-refractivity contribution in [3.05, 3.63) is 30.3 Å². The van der Waals surface area contributed by atoms with E-state index in [4.69, 9.17) is 0 Å². The lowest BCUT2D eigenvalue weighted by molar-refractivity contribution is -0.159. The molecule has 11 heteroatoms. The minimum atomic E-state index is -4.50. The summed E-state index contributed by atoms with van der Waals surface area (Å²) in [5.74, 6) is -1.02. The van der Waals surface area contributed by atoms with Gasteiger partial charge in [-0.3, -0.25) is 9.59 Å². The van der Waals surface area contributed by atoms with Crippen molar-refractivity contribution in [3.63, 3.8) is 0 Å². The smallest absolute Gasteiger partial charge is 0.407 e. The van der Waals surface area contributed by atoms with E-state index in [1.165, 1.54) is 9.80 Å². The maximum atomic E-state index is 13.6. The van der Waals surface area contributed by atoms with Crippen molar-refractivity contribution in [1.82, 2.24) is 14.7 Å². The maximum absolute atomic E-state index is 13.6. The van der Waals surface area contributed by atoms with Gasteiger partial charge in [-0.15, -0.1) is 0 Å². The zero-order valence-electron chi connectivity index (χ0n) is 16.7. The van der Waals surface area contributed by atoms with Crippen LogP contribution in [0.2, 0.25) is 0 Å². The fourth-order valence-corrected chi connectivity index (χ4v) is 4.85.